The molecule has 2 rings (SSSR count). The summed E-state index contributed by atoms with van der Waals surface area (Å²) in [7, 11) is 4.57. The third-order valence-corrected chi connectivity index (χ3v) is 3.94. The molecule has 0 aliphatic rings. The fraction of sp³-hybridized carbons (Fsp3) is 0.333. The number of alkyl halides is 1. The second-order valence-electron chi connectivity index (χ2n) is 5.09. The Morgan fingerprint density at radius 2 is 1.88 bits per heavy atom. The molecule has 2 aromatic rings. The summed E-state index contributed by atoms with van der Waals surface area (Å²) in [4.78, 5) is 15.7. The van der Waals surface area contributed by atoms with Crippen LogP contribution in [-0.4, -0.2) is 32.3 Å². The van der Waals surface area contributed by atoms with Crippen LogP contribution in [0.2, 0.25) is 0 Å². The maximum absolute atomic E-state index is 11.3. The highest BCUT2D eigenvalue weighted by atomic mass is 35.5. The van der Waals surface area contributed by atoms with Crippen molar-refractivity contribution in [1.29, 1.82) is 0 Å². The molecule has 0 aliphatic carbocycles. The zero-order valence-electron chi connectivity index (χ0n) is 14.0. The number of carbonyl (C=O) groups is 1. The van der Waals surface area contributed by atoms with E-state index in [1.54, 1.807) is 20.3 Å². The van der Waals surface area contributed by atoms with Crippen molar-refractivity contribution in [3.63, 3.8) is 0 Å². The van der Waals surface area contributed by atoms with Crippen LogP contribution in [0.4, 0.5) is 0 Å². The van der Waals surface area contributed by atoms with Crippen LogP contribution in [-0.2, 0) is 21.8 Å². The van der Waals surface area contributed by atoms with Gasteiger partial charge in [0.1, 0.15) is 5.75 Å². The maximum Gasteiger partial charge on any atom is 0.305 e. The summed E-state index contributed by atoms with van der Waals surface area (Å²) in [5.74, 6) is 1.24. The Labute approximate surface area is 146 Å². The third-order valence-electron chi connectivity index (χ3n) is 3.68. The van der Waals surface area contributed by atoms with E-state index < -0.39 is 0 Å². The van der Waals surface area contributed by atoms with Crippen LogP contribution < -0.4 is 9.47 Å². The summed E-state index contributed by atoms with van der Waals surface area (Å²) in [6.07, 6.45) is 0.912. The lowest BCUT2D eigenvalue weighted by molar-refractivity contribution is -0.140. The SMILES string of the molecule is COC(=O)CCc1ccc(OC)c(-c2ccc(OC)nc2CCl)c1. The molecular formula is C18H20ClNO4. The van der Waals surface area contributed by atoms with Gasteiger partial charge >= 0.3 is 5.97 Å². The molecule has 0 N–H and O–H groups in total. The average Bonchev–Trinajstić information content (AvgIpc) is 2.65. The minimum Gasteiger partial charge on any atom is -0.496 e. The number of benzene rings is 1. The second-order valence-corrected chi connectivity index (χ2v) is 5.36. The van der Waals surface area contributed by atoms with E-state index in [0.29, 0.717) is 24.4 Å². The topological polar surface area (TPSA) is 57.7 Å². The largest absolute Gasteiger partial charge is 0.496 e. The average molecular weight is 350 g/mol. The van der Waals surface area contributed by atoms with Gasteiger partial charge in [0, 0.05) is 23.6 Å². The van der Waals surface area contributed by atoms with E-state index in [9.17, 15) is 4.79 Å². The molecule has 0 saturated heterocycles. The molecule has 1 aromatic carbocycles. The Bertz CT molecular complexity index is 718. The monoisotopic (exact) mass is 349 g/mol. The van der Waals surface area contributed by atoms with Crippen LogP contribution in [0.25, 0.3) is 11.1 Å². The zero-order chi connectivity index (χ0) is 17.5. The van der Waals surface area contributed by atoms with E-state index in [1.165, 1.54) is 7.11 Å². The Balaban J connectivity index is 2.42. The van der Waals surface area contributed by atoms with Gasteiger partial charge in [0.2, 0.25) is 5.88 Å². The number of carbonyl (C=O) groups excluding carboxylic acids is 1. The second kappa shape index (κ2) is 8.55. The fourth-order valence-electron chi connectivity index (χ4n) is 2.41. The molecule has 0 bridgehead atoms. The van der Waals surface area contributed by atoms with Crippen molar-refractivity contribution < 1.29 is 19.0 Å². The first-order valence-electron chi connectivity index (χ1n) is 7.47. The molecule has 128 valence electrons. The molecule has 6 heteroatoms. The van der Waals surface area contributed by atoms with E-state index in [2.05, 4.69) is 9.72 Å². The Hall–Kier alpha value is -2.27. The molecule has 0 radical (unpaired) electrons. The van der Waals surface area contributed by atoms with Crippen LogP contribution >= 0.6 is 11.6 Å². The number of esters is 1. The van der Waals surface area contributed by atoms with Crippen LogP contribution in [0.5, 0.6) is 11.6 Å². The molecule has 1 heterocycles. The number of halogens is 1. The van der Waals surface area contributed by atoms with Crippen LogP contribution in [0.1, 0.15) is 17.7 Å². The summed E-state index contributed by atoms with van der Waals surface area (Å²) in [6.45, 7) is 0. The van der Waals surface area contributed by atoms with E-state index >= 15 is 0 Å². The van der Waals surface area contributed by atoms with Gasteiger partial charge in [-0.05, 0) is 30.2 Å². The van der Waals surface area contributed by atoms with Gasteiger partial charge in [-0.15, -0.1) is 11.6 Å². The molecule has 0 atom stereocenters. The summed E-state index contributed by atoms with van der Waals surface area (Å²) < 4.78 is 15.3. The normalized spacial score (nSPS) is 10.3. The molecule has 1 aromatic heterocycles. The Morgan fingerprint density at radius 3 is 2.50 bits per heavy atom. The summed E-state index contributed by atoms with van der Waals surface area (Å²) in [6, 6.07) is 9.49. The number of pyridine rings is 1. The van der Waals surface area contributed by atoms with Crippen molar-refractivity contribution in [3.05, 3.63) is 41.6 Å². The van der Waals surface area contributed by atoms with Gasteiger partial charge in [-0.2, -0.15) is 0 Å². The van der Waals surface area contributed by atoms with Crippen molar-refractivity contribution in [3.8, 4) is 22.8 Å². The predicted molar refractivity (Wildman–Crippen MR) is 92.7 cm³/mol. The van der Waals surface area contributed by atoms with Crippen molar-refractivity contribution in [2.24, 2.45) is 0 Å². The smallest absolute Gasteiger partial charge is 0.305 e. The number of aryl methyl sites for hydroxylation is 1. The first-order chi connectivity index (χ1) is 11.6. The van der Waals surface area contributed by atoms with Gasteiger partial charge < -0.3 is 14.2 Å². The quantitative estimate of drug-likeness (QED) is 0.564. The van der Waals surface area contributed by atoms with Crippen LogP contribution in [0.15, 0.2) is 30.3 Å². The lowest BCUT2D eigenvalue weighted by Crippen LogP contribution is -2.02. The summed E-state index contributed by atoms with van der Waals surface area (Å²) >= 11 is 6.05. The Kier molecular flexibility index (Phi) is 6.44. The highest BCUT2D eigenvalue weighted by Crippen LogP contribution is 2.34. The minimum atomic E-state index is -0.236. The van der Waals surface area contributed by atoms with E-state index in [-0.39, 0.29) is 11.8 Å². The Morgan fingerprint density at radius 1 is 1.08 bits per heavy atom. The lowest BCUT2D eigenvalue weighted by Gasteiger charge is -2.14. The van der Waals surface area contributed by atoms with Crippen molar-refractivity contribution in [2.45, 2.75) is 18.7 Å². The van der Waals surface area contributed by atoms with E-state index in [4.69, 9.17) is 21.1 Å². The number of hydrogen-bond acceptors (Lipinski definition) is 5. The first kappa shape index (κ1) is 18.1. The number of methoxy groups -OCH3 is 3. The molecular weight excluding hydrogens is 330 g/mol. The van der Waals surface area contributed by atoms with Gasteiger partial charge in [-0.1, -0.05) is 6.07 Å². The number of nitrogens with zero attached hydrogens (tertiary/aromatic N) is 1. The molecule has 0 saturated carbocycles. The zero-order valence-corrected chi connectivity index (χ0v) is 14.7. The molecule has 0 amide bonds. The lowest BCUT2D eigenvalue weighted by atomic mass is 9.99. The predicted octanol–water partition coefficient (Wildman–Crippen LogP) is 3.61. The standard InChI is InChI=1S/C18H20ClNO4/c1-22-16-7-4-12(5-9-18(21)24-3)10-14(16)13-6-8-17(23-2)20-15(13)11-19/h4,6-8,10H,5,9,11H2,1-3H3. The van der Waals surface area contributed by atoms with E-state index in [0.717, 1.165) is 22.4 Å². The molecule has 0 aliphatic heterocycles. The van der Waals surface area contributed by atoms with Gasteiger partial charge in [0.15, 0.2) is 0 Å². The highest BCUT2D eigenvalue weighted by molar-refractivity contribution is 6.17. The van der Waals surface area contributed by atoms with Crippen molar-refractivity contribution in [2.75, 3.05) is 21.3 Å². The molecule has 24 heavy (non-hydrogen) atoms. The first-order valence-corrected chi connectivity index (χ1v) is 8.00. The summed E-state index contributed by atoms with van der Waals surface area (Å²) in [5.41, 5.74) is 3.47. The molecule has 0 spiro atoms. The number of rotatable bonds is 7. The van der Waals surface area contributed by atoms with Crippen LogP contribution in [0, 0.1) is 0 Å². The number of hydrogen-bond donors (Lipinski definition) is 0. The molecule has 0 fully saturated rings. The number of aromatic nitrogens is 1. The minimum absolute atomic E-state index is 0.236. The molecule has 0 unspecified atom stereocenters. The highest BCUT2D eigenvalue weighted by Gasteiger charge is 2.14. The van der Waals surface area contributed by atoms with Gasteiger partial charge in [-0.3, -0.25) is 4.79 Å². The number of ether oxygens (including phenoxy) is 3. The molecule has 5 nitrogen and oxygen atoms in total. The van der Waals surface area contributed by atoms with Crippen molar-refractivity contribution in [1.82, 2.24) is 4.98 Å². The van der Waals surface area contributed by atoms with Gasteiger partial charge in [0.25, 0.3) is 0 Å². The maximum atomic E-state index is 11.3. The third kappa shape index (κ3) is 4.17. The van der Waals surface area contributed by atoms with Gasteiger partial charge in [0.05, 0.1) is 32.9 Å². The fourth-order valence-corrected chi connectivity index (χ4v) is 2.62. The van der Waals surface area contributed by atoms with Crippen molar-refractivity contribution >= 4 is 17.6 Å². The summed E-state index contributed by atoms with van der Waals surface area (Å²) in [5, 5.41) is 0. The van der Waals surface area contributed by atoms with E-state index in [1.807, 2.05) is 24.3 Å². The van der Waals surface area contributed by atoms with Crippen LogP contribution in [0.3, 0.4) is 0 Å². The van der Waals surface area contributed by atoms with Gasteiger partial charge in [-0.25, -0.2) is 4.98 Å².